The smallest absolute Gasteiger partial charge is 0.180 e. The average molecular weight is 496 g/mol. The van der Waals surface area contributed by atoms with E-state index in [9.17, 15) is 19.0 Å². The van der Waals surface area contributed by atoms with Gasteiger partial charge in [-0.3, -0.25) is 13.9 Å². The first kappa shape index (κ1) is 23.9. The lowest BCUT2D eigenvalue weighted by Gasteiger charge is -2.39. The Hall–Kier alpha value is -2.81. The van der Waals surface area contributed by atoms with Crippen molar-refractivity contribution in [2.75, 3.05) is 11.1 Å². The minimum absolute atomic E-state index is 0.00804. The van der Waals surface area contributed by atoms with E-state index in [4.69, 9.17) is 5.73 Å². The Kier molecular flexibility index (Phi) is 6.15. The molecular weight excluding hydrogens is 462 g/mol. The first-order valence-corrected chi connectivity index (χ1v) is 13.8. The second-order valence-electron chi connectivity index (χ2n) is 10.2. The van der Waals surface area contributed by atoms with E-state index in [1.807, 2.05) is 25.1 Å². The maximum absolute atomic E-state index is 14.1. The van der Waals surface area contributed by atoms with Gasteiger partial charge < -0.3 is 16.2 Å². The Bertz CT molecular complexity index is 1230. The fourth-order valence-electron chi connectivity index (χ4n) is 5.80. The minimum atomic E-state index is -3.61. The standard InChI is InChI=1S/C27H33N3O4S/c1-27(15-7-10-17-8-3-2-4-9-17)20-12-6-5-11-19(20)24(31)23(25(27)32)26-29-21-14-13-18(28)16-22(21)35(33,34)30-26/h5-6,11-14,16-17,31,33-34H,2-4,7-10,15,28H2,1H3,(H,29,30). The molecule has 2 aromatic carbocycles. The van der Waals surface area contributed by atoms with E-state index in [0.29, 0.717) is 29.3 Å². The SMILES string of the molecule is CC1(CCCC2CCCCC2)C(=O)C(C2=NS(O)(O)c3cc(N)ccc3N2)=C(O)c2ccccc21. The molecule has 1 fully saturated rings. The Balaban J connectivity index is 1.51. The molecule has 0 spiro atoms. The number of carbonyl (C=O) groups excluding carboxylic acids is 1. The lowest BCUT2D eigenvalue weighted by molar-refractivity contribution is -0.120. The lowest BCUT2D eigenvalue weighted by atomic mass is 9.66. The fourth-order valence-corrected chi connectivity index (χ4v) is 7.00. The Morgan fingerprint density at radius 1 is 1.14 bits per heavy atom. The molecule has 1 heterocycles. The molecule has 1 unspecified atom stereocenters. The predicted octanol–water partition coefficient (Wildman–Crippen LogP) is 6.68. The van der Waals surface area contributed by atoms with Crippen LogP contribution in [0.25, 0.3) is 5.76 Å². The minimum Gasteiger partial charge on any atom is -0.506 e. The molecule has 186 valence electrons. The summed E-state index contributed by atoms with van der Waals surface area (Å²) in [6.45, 7) is 1.93. The molecule has 1 atom stereocenters. The second-order valence-corrected chi connectivity index (χ2v) is 11.8. The fraction of sp³-hybridized carbons (Fsp3) is 0.407. The van der Waals surface area contributed by atoms with Crippen molar-refractivity contribution in [1.29, 1.82) is 0 Å². The number of aliphatic hydroxyl groups is 1. The van der Waals surface area contributed by atoms with Gasteiger partial charge in [-0.15, -0.1) is 4.40 Å². The molecular formula is C27H33N3O4S. The maximum atomic E-state index is 14.1. The van der Waals surface area contributed by atoms with E-state index in [1.165, 1.54) is 38.2 Å². The second kappa shape index (κ2) is 9.00. The highest BCUT2D eigenvalue weighted by atomic mass is 32.3. The largest absolute Gasteiger partial charge is 0.506 e. The van der Waals surface area contributed by atoms with Gasteiger partial charge in [0.25, 0.3) is 0 Å². The number of nitrogens with zero attached hydrogens (tertiary/aromatic N) is 1. The molecule has 0 radical (unpaired) electrons. The Morgan fingerprint density at radius 2 is 1.89 bits per heavy atom. The highest BCUT2D eigenvalue weighted by Crippen LogP contribution is 2.56. The zero-order chi connectivity index (χ0) is 24.8. The number of hydrogen-bond acceptors (Lipinski definition) is 7. The number of fused-ring (bicyclic) bond motifs is 2. The van der Waals surface area contributed by atoms with Crippen LogP contribution in [0.1, 0.15) is 69.4 Å². The van der Waals surface area contributed by atoms with Crippen LogP contribution in [0, 0.1) is 5.92 Å². The summed E-state index contributed by atoms with van der Waals surface area (Å²) < 4.78 is 25.7. The number of nitrogens with two attached hydrogens (primary N) is 1. The average Bonchev–Trinajstić information content (AvgIpc) is 2.84. The zero-order valence-corrected chi connectivity index (χ0v) is 20.8. The highest BCUT2D eigenvalue weighted by Gasteiger charge is 2.46. The van der Waals surface area contributed by atoms with Crippen LogP contribution < -0.4 is 11.1 Å². The number of hydrogen-bond donors (Lipinski definition) is 5. The van der Waals surface area contributed by atoms with E-state index < -0.39 is 16.2 Å². The van der Waals surface area contributed by atoms with Crippen LogP contribution in [0.4, 0.5) is 11.4 Å². The lowest BCUT2D eigenvalue weighted by Crippen LogP contribution is -2.42. The topological polar surface area (TPSA) is 128 Å². The molecule has 2 aromatic rings. The van der Waals surface area contributed by atoms with Gasteiger partial charge in [0.2, 0.25) is 0 Å². The van der Waals surface area contributed by atoms with Crippen LogP contribution in [0.3, 0.4) is 0 Å². The molecule has 0 saturated heterocycles. The molecule has 1 saturated carbocycles. The molecule has 0 amide bonds. The van der Waals surface area contributed by atoms with Crippen LogP contribution in [0.5, 0.6) is 0 Å². The molecule has 35 heavy (non-hydrogen) atoms. The quantitative estimate of drug-likeness (QED) is 0.294. The van der Waals surface area contributed by atoms with E-state index >= 15 is 0 Å². The number of carbonyl (C=O) groups is 1. The van der Waals surface area contributed by atoms with Gasteiger partial charge in [0.15, 0.2) is 11.6 Å². The maximum Gasteiger partial charge on any atom is 0.180 e. The summed E-state index contributed by atoms with van der Waals surface area (Å²) in [7, 11) is -3.61. The van der Waals surface area contributed by atoms with Crippen molar-refractivity contribution in [3.63, 3.8) is 0 Å². The van der Waals surface area contributed by atoms with Crippen molar-refractivity contribution < 1.29 is 19.0 Å². The summed E-state index contributed by atoms with van der Waals surface area (Å²) in [5.41, 5.74) is 7.10. The van der Waals surface area contributed by atoms with E-state index in [0.717, 1.165) is 18.4 Å². The Morgan fingerprint density at radius 3 is 2.66 bits per heavy atom. The highest BCUT2D eigenvalue weighted by molar-refractivity contribution is 8.23. The van der Waals surface area contributed by atoms with Crippen LogP contribution >= 0.6 is 10.8 Å². The third-order valence-corrected chi connectivity index (χ3v) is 9.13. The van der Waals surface area contributed by atoms with E-state index in [-0.39, 0.29) is 27.8 Å². The van der Waals surface area contributed by atoms with Gasteiger partial charge in [-0.1, -0.05) is 80.0 Å². The summed E-state index contributed by atoms with van der Waals surface area (Å²) in [4.78, 5) is 14.2. The molecule has 8 heteroatoms. The number of amidine groups is 1. The van der Waals surface area contributed by atoms with Crippen molar-refractivity contribution >= 4 is 39.5 Å². The molecule has 2 aliphatic carbocycles. The van der Waals surface area contributed by atoms with Gasteiger partial charge in [0.1, 0.15) is 16.2 Å². The number of benzene rings is 2. The predicted molar refractivity (Wildman–Crippen MR) is 142 cm³/mol. The van der Waals surface area contributed by atoms with Crippen molar-refractivity contribution in [2.24, 2.45) is 10.3 Å². The van der Waals surface area contributed by atoms with Crippen molar-refractivity contribution in [2.45, 2.75) is 68.6 Å². The molecule has 1 aliphatic heterocycles. The van der Waals surface area contributed by atoms with Crippen LogP contribution in [0.15, 0.2) is 57.3 Å². The number of aliphatic hydroxyl groups excluding tert-OH is 1. The van der Waals surface area contributed by atoms with Crippen molar-refractivity contribution in [1.82, 2.24) is 0 Å². The third-order valence-electron chi connectivity index (χ3n) is 7.76. The van der Waals surface area contributed by atoms with Crippen molar-refractivity contribution in [3.05, 3.63) is 59.2 Å². The van der Waals surface area contributed by atoms with Crippen LogP contribution in [-0.2, 0) is 10.2 Å². The summed E-state index contributed by atoms with van der Waals surface area (Å²) in [6, 6.07) is 12.1. The van der Waals surface area contributed by atoms with Gasteiger partial charge in [0.05, 0.1) is 11.1 Å². The first-order chi connectivity index (χ1) is 16.7. The normalized spacial score (nSPS) is 24.8. The van der Waals surface area contributed by atoms with Gasteiger partial charge in [-0.25, -0.2) is 0 Å². The summed E-state index contributed by atoms with van der Waals surface area (Å²) in [5.74, 6) is 0.220. The van der Waals surface area contributed by atoms with Crippen LogP contribution in [0.2, 0.25) is 0 Å². The number of nitrogen functional groups attached to an aromatic ring is 1. The van der Waals surface area contributed by atoms with Crippen LogP contribution in [-0.4, -0.2) is 25.8 Å². The molecule has 0 bridgehead atoms. The monoisotopic (exact) mass is 495 g/mol. The number of ketones is 1. The van der Waals surface area contributed by atoms with Gasteiger partial charge in [-0.05, 0) is 43.0 Å². The van der Waals surface area contributed by atoms with Gasteiger partial charge in [-0.2, -0.15) is 0 Å². The molecule has 3 aliphatic rings. The Labute approximate surface area is 207 Å². The number of Topliss-reactive ketones (excluding diaryl/α,β-unsaturated/α-hetero) is 1. The third kappa shape index (κ3) is 4.24. The molecule has 6 N–H and O–H groups in total. The molecule has 7 nitrogen and oxygen atoms in total. The summed E-state index contributed by atoms with van der Waals surface area (Å²) >= 11 is 0. The van der Waals surface area contributed by atoms with E-state index in [2.05, 4.69) is 9.71 Å². The van der Waals surface area contributed by atoms with Gasteiger partial charge in [0, 0.05) is 11.3 Å². The van der Waals surface area contributed by atoms with E-state index in [1.54, 1.807) is 18.2 Å². The van der Waals surface area contributed by atoms with Gasteiger partial charge >= 0.3 is 0 Å². The number of anilines is 2. The van der Waals surface area contributed by atoms with Crippen molar-refractivity contribution in [3.8, 4) is 0 Å². The number of nitrogens with one attached hydrogen (secondary N) is 1. The summed E-state index contributed by atoms with van der Waals surface area (Å²) in [5, 5.41) is 14.3. The zero-order valence-electron chi connectivity index (χ0n) is 20.0. The number of rotatable bonds is 5. The summed E-state index contributed by atoms with van der Waals surface area (Å²) in [6.07, 6.45) is 9.05. The molecule has 0 aromatic heterocycles. The first-order valence-electron chi connectivity index (χ1n) is 12.3. The molecule has 5 rings (SSSR count).